The molecule has 2 rings (SSSR count). The Balaban J connectivity index is 2.52. The van der Waals surface area contributed by atoms with E-state index in [0.717, 1.165) is 0 Å². The van der Waals surface area contributed by atoms with Gasteiger partial charge in [0.2, 0.25) is 0 Å². The minimum atomic E-state index is -0.423. The minimum Gasteiger partial charge on any atom is -0.495 e. The van der Waals surface area contributed by atoms with Crippen molar-refractivity contribution >= 4 is 39.1 Å². The molecule has 1 unspecified atom stereocenters. The number of alkyl halides is 1. The average molecular weight is 394 g/mol. The zero-order valence-electron chi connectivity index (χ0n) is 11.3. The normalized spacial score (nSPS) is 12.1. The van der Waals surface area contributed by atoms with Crippen molar-refractivity contribution in [1.82, 2.24) is 0 Å². The summed E-state index contributed by atoms with van der Waals surface area (Å²) < 4.78 is 24.5. The van der Waals surface area contributed by atoms with Gasteiger partial charge >= 0.3 is 0 Å². The number of rotatable bonds is 4. The zero-order chi connectivity index (χ0) is 15.6. The van der Waals surface area contributed by atoms with Crippen molar-refractivity contribution in [2.45, 2.75) is 4.83 Å². The molecule has 0 aliphatic heterocycles. The summed E-state index contributed by atoms with van der Waals surface area (Å²) in [6.07, 6.45) is 0. The second-order valence-corrected chi connectivity index (χ2v) is 5.96. The molecule has 1 atom stereocenters. The van der Waals surface area contributed by atoms with Crippen molar-refractivity contribution in [2.24, 2.45) is 0 Å². The summed E-state index contributed by atoms with van der Waals surface area (Å²) >= 11 is 15.5. The highest BCUT2D eigenvalue weighted by molar-refractivity contribution is 9.09. The fraction of sp³-hybridized carbons (Fsp3) is 0.200. The second kappa shape index (κ2) is 6.86. The molecular weight excluding hydrogens is 382 g/mol. The molecule has 0 aliphatic rings. The van der Waals surface area contributed by atoms with Crippen LogP contribution < -0.4 is 9.47 Å². The van der Waals surface area contributed by atoms with E-state index in [9.17, 15) is 4.39 Å². The van der Waals surface area contributed by atoms with Crippen LogP contribution in [0.2, 0.25) is 10.0 Å². The highest BCUT2D eigenvalue weighted by atomic mass is 79.9. The van der Waals surface area contributed by atoms with Gasteiger partial charge in [0.1, 0.15) is 22.3 Å². The third-order valence-electron chi connectivity index (χ3n) is 3.02. The van der Waals surface area contributed by atoms with Crippen LogP contribution in [0, 0.1) is 5.82 Å². The highest BCUT2D eigenvalue weighted by Gasteiger charge is 2.22. The van der Waals surface area contributed by atoms with E-state index in [-0.39, 0.29) is 0 Å². The van der Waals surface area contributed by atoms with E-state index in [1.807, 2.05) is 0 Å². The first kappa shape index (κ1) is 16.4. The molecule has 0 spiro atoms. The fourth-order valence-electron chi connectivity index (χ4n) is 1.99. The molecule has 2 aromatic rings. The van der Waals surface area contributed by atoms with E-state index in [2.05, 4.69) is 15.9 Å². The van der Waals surface area contributed by atoms with Gasteiger partial charge in [-0.1, -0.05) is 51.3 Å². The van der Waals surface area contributed by atoms with Gasteiger partial charge in [0.25, 0.3) is 0 Å². The van der Waals surface area contributed by atoms with Crippen molar-refractivity contribution in [3.63, 3.8) is 0 Å². The Labute approximate surface area is 140 Å². The summed E-state index contributed by atoms with van der Waals surface area (Å²) in [5.41, 5.74) is 1.14. The molecule has 6 heteroatoms. The molecule has 112 valence electrons. The Bertz CT molecular complexity index is 664. The van der Waals surface area contributed by atoms with Gasteiger partial charge in [0.05, 0.1) is 19.0 Å². The molecule has 0 aliphatic carbocycles. The smallest absolute Gasteiger partial charge is 0.145 e. The predicted octanol–water partition coefficient (Wildman–Crippen LogP) is 5.63. The van der Waals surface area contributed by atoms with Gasteiger partial charge in [-0.05, 0) is 18.2 Å². The van der Waals surface area contributed by atoms with Crippen molar-refractivity contribution in [2.75, 3.05) is 14.2 Å². The molecule has 0 aromatic heterocycles. The van der Waals surface area contributed by atoms with Gasteiger partial charge in [-0.25, -0.2) is 4.39 Å². The SMILES string of the molecule is COc1ccc(C(Br)c2ccc(Cl)cc2F)c(OC)c1Cl. The van der Waals surface area contributed by atoms with Crippen LogP contribution in [-0.2, 0) is 0 Å². The maximum atomic E-state index is 14.1. The lowest BCUT2D eigenvalue weighted by Crippen LogP contribution is -2.01. The van der Waals surface area contributed by atoms with Crippen LogP contribution in [0.25, 0.3) is 0 Å². The monoisotopic (exact) mass is 392 g/mol. The molecule has 21 heavy (non-hydrogen) atoms. The molecule has 2 nitrogen and oxygen atoms in total. The number of hydrogen-bond donors (Lipinski definition) is 0. The third-order valence-corrected chi connectivity index (χ3v) is 4.60. The lowest BCUT2D eigenvalue weighted by Gasteiger charge is -2.18. The van der Waals surface area contributed by atoms with Crippen LogP contribution in [0.1, 0.15) is 16.0 Å². The molecule has 0 amide bonds. The van der Waals surface area contributed by atoms with Crippen LogP contribution in [0.15, 0.2) is 30.3 Å². The lowest BCUT2D eigenvalue weighted by atomic mass is 10.0. The molecular formula is C15H12BrCl2FO2. The molecule has 0 saturated heterocycles. The molecule has 0 radical (unpaired) electrons. The van der Waals surface area contributed by atoms with Crippen molar-refractivity contribution in [3.05, 3.63) is 57.3 Å². The Kier molecular flexibility index (Phi) is 5.36. The maximum Gasteiger partial charge on any atom is 0.145 e. The van der Waals surface area contributed by atoms with Crippen LogP contribution in [0.4, 0.5) is 4.39 Å². The lowest BCUT2D eigenvalue weighted by molar-refractivity contribution is 0.392. The Morgan fingerprint density at radius 3 is 2.29 bits per heavy atom. The molecule has 0 bridgehead atoms. The van der Waals surface area contributed by atoms with Gasteiger partial charge in [0.15, 0.2) is 0 Å². The quantitative estimate of drug-likeness (QED) is 0.626. The molecule has 2 aromatic carbocycles. The number of hydrogen-bond acceptors (Lipinski definition) is 2. The molecule has 0 fully saturated rings. The second-order valence-electron chi connectivity index (χ2n) is 4.23. The highest BCUT2D eigenvalue weighted by Crippen LogP contribution is 2.44. The first-order valence-electron chi connectivity index (χ1n) is 5.99. The summed E-state index contributed by atoms with van der Waals surface area (Å²) in [7, 11) is 3.02. The Hall–Kier alpha value is -0.970. The summed E-state index contributed by atoms with van der Waals surface area (Å²) in [5, 5.41) is 0.687. The predicted molar refractivity (Wildman–Crippen MR) is 86.7 cm³/mol. The number of halogens is 4. The Morgan fingerprint density at radius 2 is 1.71 bits per heavy atom. The number of ether oxygens (including phenoxy) is 2. The van der Waals surface area contributed by atoms with E-state index in [1.165, 1.54) is 20.3 Å². The van der Waals surface area contributed by atoms with E-state index in [4.69, 9.17) is 32.7 Å². The standard InChI is InChI=1S/C15H12BrCl2FO2/c1-20-12-6-5-10(15(21-2)14(12)18)13(16)9-4-3-8(17)7-11(9)19/h3-7,13H,1-2H3. The number of methoxy groups -OCH3 is 2. The van der Waals surface area contributed by atoms with E-state index >= 15 is 0 Å². The molecule has 0 N–H and O–H groups in total. The van der Waals surface area contributed by atoms with Crippen molar-refractivity contribution in [3.8, 4) is 11.5 Å². The van der Waals surface area contributed by atoms with Crippen LogP contribution in [0.5, 0.6) is 11.5 Å². The summed E-state index contributed by atoms with van der Waals surface area (Å²) in [4.78, 5) is -0.423. The Morgan fingerprint density at radius 1 is 1.05 bits per heavy atom. The average Bonchev–Trinajstić information content (AvgIpc) is 2.46. The third kappa shape index (κ3) is 3.28. The summed E-state index contributed by atoms with van der Waals surface area (Å²) in [6, 6.07) is 8.00. The minimum absolute atomic E-state index is 0.343. The largest absolute Gasteiger partial charge is 0.495 e. The van der Waals surface area contributed by atoms with Crippen LogP contribution in [0.3, 0.4) is 0 Å². The first-order chi connectivity index (χ1) is 9.99. The maximum absolute atomic E-state index is 14.1. The van der Waals surface area contributed by atoms with Gasteiger partial charge in [-0.2, -0.15) is 0 Å². The van der Waals surface area contributed by atoms with Crippen molar-refractivity contribution in [1.29, 1.82) is 0 Å². The zero-order valence-corrected chi connectivity index (χ0v) is 14.4. The number of benzene rings is 2. The topological polar surface area (TPSA) is 18.5 Å². The van der Waals surface area contributed by atoms with Crippen LogP contribution >= 0.6 is 39.1 Å². The van der Waals surface area contributed by atoms with Crippen LogP contribution in [-0.4, -0.2) is 14.2 Å². The summed E-state index contributed by atoms with van der Waals surface area (Å²) in [6.45, 7) is 0. The van der Waals surface area contributed by atoms with E-state index in [1.54, 1.807) is 24.3 Å². The van der Waals surface area contributed by atoms with Crippen molar-refractivity contribution < 1.29 is 13.9 Å². The molecule has 0 heterocycles. The van der Waals surface area contributed by atoms with Gasteiger partial charge in [0, 0.05) is 16.1 Å². The summed E-state index contributed by atoms with van der Waals surface area (Å²) in [5.74, 6) is 0.527. The fourth-order valence-corrected chi connectivity index (χ4v) is 3.21. The van der Waals surface area contributed by atoms with Gasteiger partial charge in [-0.3, -0.25) is 0 Å². The van der Waals surface area contributed by atoms with Gasteiger partial charge in [-0.15, -0.1) is 0 Å². The van der Waals surface area contributed by atoms with E-state index < -0.39 is 10.6 Å². The van der Waals surface area contributed by atoms with Gasteiger partial charge < -0.3 is 9.47 Å². The first-order valence-corrected chi connectivity index (χ1v) is 7.66. The van der Waals surface area contributed by atoms with E-state index in [0.29, 0.717) is 32.7 Å². The molecule has 0 saturated carbocycles.